The van der Waals surface area contributed by atoms with Crippen LogP contribution in [0, 0.1) is 68.0 Å². The Hall–Kier alpha value is -2.55. The smallest absolute Gasteiger partial charge is 0.197 e. The highest BCUT2D eigenvalue weighted by atomic mass is 14.5. The number of rotatable bonds is 1. The van der Waals surface area contributed by atoms with Crippen LogP contribution in [0.5, 0.6) is 0 Å². The van der Waals surface area contributed by atoms with Crippen LogP contribution in [0.3, 0.4) is 0 Å². The molecule has 0 aliphatic heterocycles. The maximum atomic E-state index is 8.41. The van der Waals surface area contributed by atoms with Gasteiger partial charge in [-0.25, -0.2) is 0 Å². The maximum Gasteiger partial charge on any atom is 0.257 e. The van der Waals surface area contributed by atoms with Gasteiger partial charge in [0.2, 0.25) is 0 Å². The summed E-state index contributed by atoms with van der Waals surface area (Å²) in [6, 6.07) is 6.88. The highest BCUT2D eigenvalue weighted by Crippen LogP contribution is 2.24. The van der Waals surface area contributed by atoms with Crippen molar-refractivity contribution in [3.8, 4) is 30.3 Å². The zero-order valence-corrected chi connectivity index (χ0v) is 5.81. The average molecular weight is 155 g/mol. The molecule has 54 valence electrons. The van der Waals surface area contributed by atoms with Crippen molar-refractivity contribution in [2.75, 3.05) is 0 Å². The molecule has 0 aromatic rings. The summed E-state index contributed by atoms with van der Waals surface area (Å²) in [5.74, 6) is -1.53. The van der Waals surface area contributed by atoms with Crippen molar-refractivity contribution >= 4 is 0 Å². The van der Waals surface area contributed by atoms with Gasteiger partial charge in [0, 0.05) is 0 Å². The van der Waals surface area contributed by atoms with E-state index in [1.807, 2.05) is 0 Å². The second kappa shape index (κ2) is 3.58. The van der Waals surface area contributed by atoms with E-state index in [4.69, 9.17) is 26.3 Å². The van der Waals surface area contributed by atoms with Gasteiger partial charge in [-0.3, -0.25) is 0 Å². The summed E-state index contributed by atoms with van der Waals surface area (Å²) >= 11 is 0. The molecule has 0 saturated heterocycles. The maximum absolute atomic E-state index is 8.41. The lowest BCUT2D eigenvalue weighted by atomic mass is 9.81. The van der Waals surface area contributed by atoms with E-state index in [-0.39, 0.29) is 0 Å². The first kappa shape index (κ1) is 9.45. The zero-order valence-electron chi connectivity index (χ0n) is 5.81. The molecule has 0 aliphatic rings. The van der Waals surface area contributed by atoms with E-state index in [2.05, 4.69) is 0 Å². The Labute approximate surface area is 68.9 Å². The second-order valence-electron chi connectivity index (χ2n) is 1.83. The van der Waals surface area contributed by atoms with E-state index in [1.54, 1.807) is 0 Å². The van der Waals surface area contributed by atoms with Gasteiger partial charge in [-0.15, -0.1) is 0 Å². The van der Waals surface area contributed by atoms with Gasteiger partial charge in [-0.05, 0) is 0 Å². The topological polar surface area (TPSA) is 119 Å². The van der Waals surface area contributed by atoms with E-state index in [1.165, 1.54) is 30.3 Å². The van der Waals surface area contributed by atoms with Crippen LogP contribution in [0.1, 0.15) is 0 Å². The summed E-state index contributed by atoms with van der Waals surface area (Å²) in [7, 11) is 0. The summed E-state index contributed by atoms with van der Waals surface area (Å²) in [5, 5.41) is 41.9. The van der Waals surface area contributed by atoms with E-state index in [0.29, 0.717) is 0 Å². The number of hydrogen-bond donors (Lipinski definition) is 0. The van der Waals surface area contributed by atoms with Gasteiger partial charge in [-0.2, -0.15) is 26.3 Å². The van der Waals surface area contributed by atoms with E-state index >= 15 is 0 Å². The molecule has 0 aromatic heterocycles. The van der Waals surface area contributed by atoms with Crippen molar-refractivity contribution in [1.82, 2.24) is 0 Å². The lowest BCUT2D eigenvalue weighted by molar-refractivity contribution is 0.589. The van der Waals surface area contributed by atoms with E-state index < -0.39 is 11.3 Å². The first-order chi connectivity index (χ1) is 5.70. The van der Waals surface area contributed by atoms with Crippen LogP contribution in [0.25, 0.3) is 0 Å². The highest BCUT2D eigenvalue weighted by Gasteiger charge is 2.41. The monoisotopic (exact) mass is 155 g/mol. The molecule has 0 spiro atoms. The second-order valence-corrected chi connectivity index (χ2v) is 1.83. The number of hydrogen-bond acceptors (Lipinski definition) is 5. The van der Waals surface area contributed by atoms with Crippen LogP contribution < -0.4 is 0 Å². The Morgan fingerprint density at radius 2 is 1.08 bits per heavy atom. The molecular formula is C7HN5. The molecule has 0 unspecified atom stereocenters. The van der Waals surface area contributed by atoms with Gasteiger partial charge in [0.05, 0.1) is 12.1 Å². The third kappa shape index (κ3) is 1.15. The Bertz CT molecular complexity index is 324. The first-order valence-electron chi connectivity index (χ1n) is 2.73. The quantitative estimate of drug-likeness (QED) is 0.535. The minimum atomic E-state index is -2.16. The van der Waals surface area contributed by atoms with Crippen LogP contribution in [-0.2, 0) is 0 Å². The molecule has 0 saturated carbocycles. The Kier molecular flexibility index (Phi) is 2.82. The summed E-state index contributed by atoms with van der Waals surface area (Å²) in [6.45, 7) is 0. The van der Waals surface area contributed by atoms with Crippen molar-refractivity contribution in [2.45, 2.75) is 0 Å². The van der Waals surface area contributed by atoms with Gasteiger partial charge >= 0.3 is 0 Å². The van der Waals surface area contributed by atoms with Crippen molar-refractivity contribution in [2.24, 2.45) is 11.3 Å². The summed E-state index contributed by atoms with van der Waals surface area (Å²) in [6.07, 6.45) is 0. The molecule has 5 nitrogen and oxygen atoms in total. The zero-order chi connectivity index (χ0) is 9.61. The molecular weight excluding hydrogens is 154 g/mol. The van der Waals surface area contributed by atoms with Crippen LogP contribution in [-0.4, -0.2) is 0 Å². The molecule has 0 rings (SSSR count). The first-order valence-corrected chi connectivity index (χ1v) is 2.73. The van der Waals surface area contributed by atoms with Gasteiger partial charge in [-0.1, -0.05) is 0 Å². The lowest BCUT2D eigenvalue weighted by Crippen LogP contribution is -2.23. The normalized spacial score (nSPS) is 8.33. The Morgan fingerprint density at radius 1 is 0.750 bits per heavy atom. The summed E-state index contributed by atoms with van der Waals surface area (Å²) < 4.78 is 0. The summed E-state index contributed by atoms with van der Waals surface area (Å²) in [4.78, 5) is 0. The standard InChI is InChI=1S/C7HN5/c8-1-6(2-9)7(3-10,4-11)5-12/h6H. The third-order valence-electron chi connectivity index (χ3n) is 1.22. The number of nitriles is 5. The van der Waals surface area contributed by atoms with Crippen LogP contribution in [0.2, 0.25) is 0 Å². The van der Waals surface area contributed by atoms with Gasteiger partial charge in [0.25, 0.3) is 5.41 Å². The van der Waals surface area contributed by atoms with Crippen molar-refractivity contribution in [1.29, 1.82) is 26.3 Å². The fraction of sp³-hybridized carbons (Fsp3) is 0.286. The molecule has 0 radical (unpaired) electrons. The number of nitrogens with zero attached hydrogens (tertiary/aromatic N) is 5. The van der Waals surface area contributed by atoms with Crippen LogP contribution >= 0.6 is 0 Å². The van der Waals surface area contributed by atoms with Crippen molar-refractivity contribution in [3.05, 3.63) is 0 Å². The minimum Gasteiger partial charge on any atom is -0.197 e. The predicted octanol–water partition coefficient (Wildman–Crippen LogP) is 0.207. The summed E-state index contributed by atoms with van der Waals surface area (Å²) in [5.41, 5.74) is -2.16. The molecule has 0 aliphatic carbocycles. The molecule has 0 bridgehead atoms. The van der Waals surface area contributed by atoms with Gasteiger partial charge in [0.15, 0.2) is 5.92 Å². The highest BCUT2D eigenvalue weighted by molar-refractivity contribution is 5.34. The Morgan fingerprint density at radius 3 is 1.17 bits per heavy atom. The van der Waals surface area contributed by atoms with Crippen molar-refractivity contribution < 1.29 is 0 Å². The predicted molar refractivity (Wildman–Crippen MR) is 34.0 cm³/mol. The fourth-order valence-electron chi connectivity index (χ4n) is 0.491. The SMILES string of the molecule is N#CC(C#N)C(C#N)(C#N)C#N. The van der Waals surface area contributed by atoms with E-state index in [9.17, 15) is 0 Å². The minimum absolute atomic E-state index is 1.35. The Balaban J connectivity index is 5.27. The molecule has 0 fully saturated rings. The van der Waals surface area contributed by atoms with Gasteiger partial charge < -0.3 is 0 Å². The molecule has 0 heterocycles. The fourth-order valence-corrected chi connectivity index (χ4v) is 0.491. The lowest BCUT2D eigenvalue weighted by Gasteiger charge is -2.06. The molecule has 0 aromatic carbocycles. The largest absolute Gasteiger partial charge is 0.257 e. The molecule has 5 heteroatoms. The average Bonchev–Trinajstić information content (AvgIpc) is 2.14. The molecule has 0 N–H and O–H groups in total. The molecule has 0 amide bonds. The van der Waals surface area contributed by atoms with Crippen LogP contribution in [0.4, 0.5) is 0 Å². The molecule has 12 heavy (non-hydrogen) atoms. The van der Waals surface area contributed by atoms with Crippen LogP contribution in [0.15, 0.2) is 0 Å². The molecule has 0 atom stereocenters. The van der Waals surface area contributed by atoms with Gasteiger partial charge in [0.1, 0.15) is 18.2 Å². The third-order valence-corrected chi connectivity index (χ3v) is 1.22. The van der Waals surface area contributed by atoms with E-state index in [0.717, 1.165) is 0 Å². The van der Waals surface area contributed by atoms with Crippen molar-refractivity contribution in [3.63, 3.8) is 0 Å².